The highest BCUT2D eigenvalue weighted by molar-refractivity contribution is 5.08. The minimum atomic E-state index is 0.327. The topological polar surface area (TPSA) is 28.4 Å². The summed E-state index contributed by atoms with van der Waals surface area (Å²) in [6.07, 6.45) is 3.76. The van der Waals surface area contributed by atoms with Crippen LogP contribution in [-0.4, -0.2) is 23.5 Å². The second-order valence-corrected chi connectivity index (χ2v) is 5.88. The molecule has 0 spiro atoms. The Balaban J connectivity index is 1.86. The van der Waals surface area contributed by atoms with E-state index in [1.807, 2.05) is 0 Å². The first kappa shape index (κ1) is 13.6. The Morgan fingerprint density at radius 2 is 2.11 bits per heavy atom. The Labute approximate surface area is 111 Å². The number of nitrogens with one attached hydrogen (secondary N) is 1. The van der Waals surface area contributed by atoms with E-state index in [-0.39, 0.29) is 0 Å². The summed E-state index contributed by atoms with van der Waals surface area (Å²) in [5, 5.41) is 3.37. The predicted molar refractivity (Wildman–Crippen MR) is 74.4 cm³/mol. The van der Waals surface area contributed by atoms with Crippen molar-refractivity contribution >= 4 is 0 Å². The van der Waals surface area contributed by atoms with Crippen LogP contribution >= 0.6 is 0 Å². The van der Waals surface area contributed by atoms with Crippen LogP contribution in [0.3, 0.4) is 0 Å². The molecule has 18 heavy (non-hydrogen) atoms. The Morgan fingerprint density at radius 3 is 2.78 bits per heavy atom. The van der Waals surface area contributed by atoms with Gasteiger partial charge >= 0.3 is 0 Å². The van der Waals surface area contributed by atoms with Crippen LogP contribution in [0.5, 0.6) is 0 Å². The fourth-order valence-electron chi connectivity index (χ4n) is 2.64. The van der Waals surface area contributed by atoms with Crippen LogP contribution < -0.4 is 5.32 Å². The first-order valence-electron chi connectivity index (χ1n) is 7.15. The van der Waals surface area contributed by atoms with Crippen molar-refractivity contribution in [1.29, 1.82) is 0 Å². The Morgan fingerprint density at radius 1 is 1.33 bits per heavy atom. The molecular weight excluding hydrogens is 224 g/mol. The summed E-state index contributed by atoms with van der Waals surface area (Å²) < 4.78 is 5.88. The van der Waals surface area contributed by atoms with Crippen LogP contribution in [0.1, 0.15) is 51.6 Å². The van der Waals surface area contributed by atoms with E-state index >= 15 is 0 Å². The third-order valence-corrected chi connectivity index (χ3v) is 3.86. The summed E-state index contributed by atoms with van der Waals surface area (Å²) in [7, 11) is 0. The van der Waals surface area contributed by atoms with Gasteiger partial charge in [0.1, 0.15) is 11.5 Å². The number of hydrogen-bond acceptors (Lipinski definition) is 3. The van der Waals surface area contributed by atoms with Gasteiger partial charge in [0.05, 0.1) is 13.1 Å². The van der Waals surface area contributed by atoms with E-state index in [4.69, 9.17) is 4.42 Å². The molecule has 1 aromatic heterocycles. The van der Waals surface area contributed by atoms with Gasteiger partial charge in [-0.1, -0.05) is 6.92 Å². The van der Waals surface area contributed by atoms with Crippen molar-refractivity contribution < 1.29 is 4.42 Å². The molecule has 0 aliphatic carbocycles. The second kappa shape index (κ2) is 5.89. The lowest BCUT2D eigenvalue weighted by atomic mass is 10.0. The van der Waals surface area contributed by atoms with Crippen molar-refractivity contribution in [2.24, 2.45) is 0 Å². The third kappa shape index (κ3) is 3.36. The lowest BCUT2D eigenvalue weighted by Crippen LogP contribution is -2.37. The minimum Gasteiger partial charge on any atom is -0.463 e. The molecule has 2 rings (SSSR count). The monoisotopic (exact) mass is 250 g/mol. The molecule has 2 heterocycles. The molecule has 0 saturated carbocycles. The number of furan rings is 1. The number of rotatable bonds is 6. The molecule has 3 heteroatoms. The zero-order valence-electron chi connectivity index (χ0n) is 12.0. The predicted octanol–water partition coefficient (Wildman–Crippen LogP) is 3.15. The Kier molecular flexibility index (Phi) is 4.46. The Hall–Kier alpha value is -0.800. The van der Waals surface area contributed by atoms with E-state index in [9.17, 15) is 0 Å². The molecule has 1 aliphatic heterocycles. The van der Waals surface area contributed by atoms with Crippen LogP contribution in [0.4, 0.5) is 0 Å². The second-order valence-electron chi connectivity index (χ2n) is 5.88. The lowest BCUT2D eigenvalue weighted by Gasteiger charge is -2.30. The summed E-state index contributed by atoms with van der Waals surface area (Å²) in [5.41, 5.74) is 0.327. The van der Waals surface area contributed by atoms with E-state index in [1.54, 1.807) is 0 Å². The molecule has 1 aromatic rings. The van der Waals surface area contributed by atoms with Crippen molar-refractivity contribution in [3.63, 3.8) is 0 Å². The molecule has 0 unspecified atom stereocenters. The van der Waals surface area contributed by atoms with E-state index in [1.165, 1.54) is 19.4 Å². The highest BCUT2D eigenvalue weighted by atomic mass is 16.3. The molecule has 0 radical (unpaired) electrons. The van der Waals surface area contributed by atoms with Crippen LogP contribution in [-0.2, 0) is 13.1 Å². The van der Waals surface area contributed by atoms with Crippen LogP contribution in [0.2, 0.25) is 0 Å². The standard InChI is InChI=1S/C15H26N2O/c1-4-9-16-11-13-6-7-14(18-13)12-17-10-5-8-15(17,2)3/h6-7,16H,4-5,8-12H2,1-3H3. The van der Waals surface area contributed by atoms with Crippen molar-refractivity contribution in [2.45, 2.75) is 58.7 Å². The molecule has 1 saturated heterocycles. The van der Waals surface area contributed by atoms with Crippen molar-refractivity contribution in [3.05, 3.63) is 23.7 Å². The summed E-state index contributed by atoms with van der Waals surface area (Å²) >= 11 is 0. The highest BCUT2D eigenvalue weighted by Crippen LogP contribution is 2.29. The van der Waals surface area contributed by atoms with Gasteiger partial charge in [0.15, 0.2) is 0 Å². The van der Waals surface area contributed by atoms with Gasteiger partial charge in [0.2, 0.25) is 0 Å². The lowest BCUT2D eigenvalue weighted by molar-refractivity contribution is 0.153. The molecule has 0 atom stereocenters. The van der Waals surface area contributed by atoms with Gasteiger partial charge in [-0.05, 0) is 58.3 Å². The third-order valence-electron chi connectivity index (χ3n) is 3.86. The Bertz CT molecular complexity index is 370. The summed E-state index contributed by atoms with van der Waals surface area (Å²) in [6, 6.07) is 4.22. The summed E-state index contributed by atoms with van der Waals surface area (Å²) in [5.74, 6) is 2.15. The van der Waals surface area contributed by atoms with Gasteiger partial charge in [-0.2, -0.15) is 0 Å². The van der Waals surface area contributed by atoms with Gasteiger partial charge in [0.25, 0.3) is 0 Å². The van der Waals surface area contributed by atoms with E-state index in [0.717, 1.165) is 37.6 Å². The maximum absolute atomic E-state index is 5.88. The first-order valence-corrected chi connectivity index (χ1v) is 7.15. The zero-order valence-corrected chi connectivity index (χ0v) is 12.0. The molecule has 3 nitrogen and oxygen atoms in total. The molecule has 0 amide bonds. The minimum absolute atomic E-state index is 0.327. The molecule has 1 aliphatic rings. The largest absolute Gasteiger partial charge is 0.463 e. The number of hydrogen-bond donors (Lipinski definition) is 1. The average molecular weight is 250 g/mol. The first-order chi connectivity index (χ1) is 8.62. The average Bonchev–Trinajstić information content (AvgIpc) is 2.88. The van der Waals surface area contributed by atoms with Gasteiger partial charge in [-0.25, -0.2) is 0 Å². The van der Waals surface area contributed by atoms with Crippen LogP contribution in [0.25, 0.3) is 0 Å². The van der Waals surface area contributed by atoms with E-state index < -0.39 is 0 Å². The van der Waals surface area contributed by atoms with Gasteiger partial charge < -0.3 is 9.73 Å². The molecule has 0 aromatic carbocycles. The maximum atomic E-state index is 5.88. The summed E-state index contributed by atoms with van der Waals surface area (Å²) in [4.78, 5) is 2.52. The number of nitrogens with zero attached hydrogens (tertiary/aromatic N) is 1. The van der Waals surface area contributed by atoms with Gasteiger partial charge in [-0.15, -0.1) is 0 Å². The van der Waals surface area contributed by atoms with E-state index in [0.29, 0.717) is 5.54 Å². The molecule has 102 valence electrons. The fourth-order valence-corrected chi connectivity index (χ4v) is 2.64. The smallest absolute Gasteiger partial charge is 0.118 e. The fraction of sp³-hybridized carbons (Fsp3) is 0.733. The SMILES string of the molecule is CCCNCc1ccc(CN2CCCC2(C)C)o1. The molecule has 0 bridgehead atoms. The highest BCUT2D eigenvalue weighted by Gasteiger charge is 2.32. The van der Waals surface area contributed by atoms with Crippen molar-refractivity contribution in [1.82, 2.24) is 10.2 Å². The maximum Gasteiger partial charge on any atom is 0.118 e. The summed E-state index contributed by atoms with van der Waals surface area (Å²) in [6.45, 7) is 10.9. The van der Waals surface area contributed by atoms with Gasteiger partial charge in [-0.3, -0.25) is 4.90 Å². The van der Waals surface area contributed by atoms with Gasteiger partial charge in [0, 0.05) is 5.54 Å². The van der Waals surface area contributed by atoms with E-state index in [2.05, 4.69) is 43.1 Å². The molecule has 1 N–H and O–H groups in total. The molecule has 1 fully saturated rings. The molecular formula is C15H26N2O. The van der Waals surface area contributed by atoms with Crippen molar-refractivity contribution in [2.75, 3.05) is 13.1 Å². The quantitative estimate of drug-likeness (QED) is 0.786. The van der Waals surface area contributed by atoms with Crippen LogP contribution in [0.15, 0.2) is 16.5 Å². The van der Waals surface area contributed by atoms with Crippen molar-refractivity contribution in [3.8, 4) is 0 Å². The number of likely N-dealkylation sites (tertiary alicyclic amines) is 1. The normalized spacial score (nSPS) is 19.5. The van der Waals surface area contributed by atoms with Crippen LogP contribution in [0, 0.1) is 0 Å². The zero-order chi connectivity index (χ0) is 13.0.